The maximum absolute atomic E-state index is 11.8. The Bertz CT molecular complexity index is 651. The van der Waals surface area contributed by atoms with Crippen LogP contribution in [0.5, 0.6) is 0 Å². The van der Waals surface area contributed by atoms with Crippen molar-refractivity contribution < 1.29 is 19.4 Å². The molecular formula is C17H24N2O4. The van der Waals surface area contributed by atoms with E-state index in [9.17, 15) is 9.90 Å². The van der Waals surface area contributed by atoms with E-state index in [1.54, 1.807) is 19.2 Å². The van der Waals surface area contributed by atoms with Crippen LogP contribution in [0.15, 0.2) is 30.5 Å². The van der Waals surface area contributed by atoms with Gasteiger partial charge in [-0.2, -0.15) is 0 Å². The third kappa shape index (κ3) is 4.54. The van der Waals surface area contributed by atoms with E-state index >= 15 is 0 Å². The Morgan fingerprint density at radius 1 is 1.35 bits per heavy atom. The first-order chi connectivity index (χ1) is 11.0. The number of ether oxygens (including phenoxy) is 2. The van der Waals surface area contributed by atoms with Crippen LogP contribution in [0.3, 0.4) is 0 Å². The van der Waals surface area contributed by atoms with Crippen molar-refractivity contribution in [3.8, 4) is 0 Å². The van der Waals surface area contributed by atoms with Crippen molar-refractivity contribution in [2.75, 3.05) is 40.5 Å². The van der Waals surface area contributed by atoms with E-state index in [0.29, 0.717) is 13.2 Å². The first-order valence-electron chi connectivity index (χ1n) is 7.71. The lowest BCUT2D eigenvalue weighted by Crippen LogP contribution is -2.19. The molecule has 23 heavy (non-hydrogen) atoms. The summed E-state index contributed by atoms with van der Waals surface area (Å²) in [6.45, 7) is 3.74. The van der Waals surface area contributed by atoms with E-state index in [-0.39, 0.29) is 6.61 Å². The number of carbonyl (C=O) groups excluding carboxylic acids is 1. The summed E-state index contributed by atoms with van der Waals surface area (Å²) in [6.07, 6.45) is 0.585. The molecule has 126 valence electrons. The predicted octanol–water partition coefficient (Wildman–Crippen LogP) is 2.26. The third-order valence-corrected chi connectivity index (χ3v) is 3.52. The molecule has 0 aliphatic rings. The molecule has 0 amide bonds. The van der Waals surface area contributed by atoms with Gasteiger partial charge in [0.15, 0.2) is 0 Å². The van der Waals surface area contributed by atoms with Gasteiger partial charge in [0.05, 0.1) is 25.3 Å². The zero-order chi connectivity index (χ0) is 16.8. The van der Waals surface area contributed by atoms with Gasteiger partial charge >= 0.3 is 6.09 Å². The molecule has 0 fully saturated rings. The lowest BCUT2D eigenvalue weighted by atomic mass is 10.1. The number of likely N-dealkylation sites (N-methyl/N-ethyl adjacent to an activating group) is 1. The van der Waals surface area contributed by atoms with Crippen LogP contribution < -0.4 is 0 Å². The van der Waals surface area contributed by atoms with Gasteiger partial charge in [0.1, 0.15) is 6.10 Å². The van der Waals surface area contributed by atoms with E-state index < -0.39 is 12.2 Å². The molecule has 1 aromatic carbocycles. The summed E-state index contributed by atoms with van der Waals surface area (Å²) in [7, 11) is 3.95. The first kappa shape index (κ1) is 17.5. The number of aromatic nitrogens is 1. The van der Waals surface area contributed by atoms with Gasteiger partial charge in [-0.25, -0.2) is 4.79 Å². The average molecular weight is 320 g/mol. The molecule has 2 aromatic rings. The molecule has 0 bridgehead atoms. The van der Waals surface area contributed by atoms with Gasteiger partial charge in [0, 0.05) is 18.1 Å². The largest absolute Gasteiger partial charge is 0.449 e. The lowest BCUT2D eigenvalue weighted by Gasteiger charge is -2.14. The number of benzene rings is 1. The summed E-state index contributed by atoms with van der Waals surface area (Å²) in [6, 6.07) is 7.31. The molecule has 1 unspecified atom stereocenters. The number of fused-ring (bicyclic) bond motifs is 1. The van der Waals surface area contributed by atoms with Crippen LogP contribution in [0, 0.1) is 0 Å². The highest BCUT2D eigenvalue weighted by Crippen LogP contribution is 2.22. The van der Waals surface area contributed by atoms with Gasteiger partial charge < -0.3 is 19.5 Å². The van der Waals surface area contributed by atoms with Gasteiger partial charge in [-0.15, -0.1) is 0 Å². The number of aliphatic hydroxyl groups is 1. The van der Waals surface area contributed by atoms with Gasteiger partial charge in [-0.3, -0.25) is 4.57 Å². The van der Waals surface area contributed by atoms with Gasteiger partial charge in [-0.05, 0) is 44.8 Å². The Labute approximate surface area is 136 Å². The summed E-state index contributed by atoms with van der Waals surface area (Å²) >= 11 is 0. The van der Waals surface area contributed by atoms with Gasteiger partial charge in [0.2, 0.25) is 0 Å². The Morgan fingerprint density at radius 2 is 2.13 bits per heavy atom. The molecular weight excluding hydrogens is 296 g/mol. The molecule has 0 aliphatic heterocycles. The van der Waals surface area contributed by atoms with Gasteiger partial charge in [-0.1, -0.05) is 6.07 Å². The topological polar surface area (TPSA) is 63.9 Å². The molecule has 1 aromatic heterocycles. The molecule has 0 saturated carbocycles. The minimum Gasteiger partial charge on any atom is -0.449 e. The Balaban J connectivity index is 2.04. The van der Waals surface area contributed by atoms with Crippen molar-refractivity contribution in [3.05, 3.63) is 36.0 Å². The number of rotatable bonds is 7. The van der Waals surface area contributed by atoms with E-state index in [1.807, 2.05) is 37.2 Å². The quantitative estimate of drug-likeness (QED) is 0.793. The Hall–Kier alpha value is -1.89. The van der Waals surface area contributed by atoms with Crippen molar-refractivity contribution in [2.24, 2.45) is 0 Å². The number of aliphatic hydroxyl groups excluding tert-OH is 1. The van der Waals surface area contributed by atoms with Crippen molar-refractivity contribution in [3.63, 3.8) is 0 Å². The van der Waals surface area contributed by atoms with Crippen LogP contribution in [0.2, 0.25) is 0 Å². The number of nitrogens with zero attached hydrogens (tertiary/aromatic N) is 2. The van der Waals surface area contributed by atoms with Crippen molar-refractivity contribution in [1.29, 1.82) is 0 Å². The molecule has 0 radical (unpaired) electrons. The summed E-state index contributed by atoms with van der Waals surface area (Å²) in [4.78, 5) is 13.9. The Morgan fingerprint density at radius 3 is 2.83 bits per heavy atom. The molecule has 2 rings (SSSR count). The van der Waals surface area contributed by atoms with Crippen LogP contribution in [0.4, 0.5) is 4.79 Å². The smallest absolute Gasteiger partial charge is 0.418 e. The maximum Gasteiger partial charge on any atom is 0.418 e. The van der Waals surface area contributed by atoms with Crippen LogP contribution in [-0.2, 0) is 9.47 Å². The minimum absolute atomic E-state index is 0.248. The fourth-order valence-corrected chi connectivity index (χ4v) is 2.26. The summed E-state index contributed by atoms with van der Waals surface area (Å²) in [5, 5.41) is 11.1. The van der Waals surface area contributed by atoms with Crippen LogP contribution >= 0.6 is 0 Å². The normalized spacial score (nSPS) is 12.7. The molecule has 1 atom stereocenters. The van der Waals surface area contributed by atoms with Crippen molar-refractivity contribution in [1.82, 2.24) is 9.47 Å². The van der Waals surface area contributed by atoms with Crippen LogP contribution in [-0.4, -0.2) is 61.1 Å². The highest BCUT2D eigenvalue weighted by molar-refractivity contribution is 5.89. The SMILES string of the molecule is CCOC(=O)n1ccc2cc(C(O)COCCN(C)C)ccc21. The summed E-state index contributed by atoms with van der Waals surface area (Å²) < 4.78 is 11.9. The molecule has 6 nitrogen and oxygen atoms in total. The van der Waals surface area contributed by atoms with Gasteiger partial charge in [0.25, 0.3) is 0 Å². The maximum atomic E-state index is 11.8. The Kier molecular flexibility index (Phi) is 6.15. The summed E-state index contributed by atoms with van der Waals surface area (Å²) in [5.74, 6) is 0. The fourth-order valence-electron chi connectivity index (χ4n) is 2.26. The second kappa shape index (κ2) is 8.10. The van der Waals surface area contributed by atoms with E-state index in [1.165, 1.54) is 4.57 Å². The predicted molar refractivity (Wildman–Crippen MR) is 88.7 cm³/mol. The van der Waals surface area contributed by atoms with E-state index in [4.69, 9.17) is 9.47 Å². The fraction of sp³-hybridized carbons (Fsp3) is 0.471. The van der Waals surface area contributed by atoms with E-state index in [0.717, 1.165) is 23.0 Å². The molecule has 6 heteroatoms. The lowest BCUT2D eigenvalue weighted by molar-refractivity contribution is 0.0307. The zero-order valence-corrected chi connectivity index (χ0v) is 13.9. The molecule has 1 N–H and O–H groups in total. The highest BCUT2D eigenvalue weighted by Gasteiger charge is 2.13. The number of hydrogen-bond acceptors (Lipinski definition) is 5. The van der Waals surface area contributed by atoms with Crippen molar-refractivity contribution in [2.45, 2.75) is 13.0 Å². The molecule has 1 heterocycles. The monoisotopic (exact) mass is 320 g/mol. The second-order valence-electron chi connectivity index (χ2n) is 5.60. The van der Waals surface area contributed by atoms with Crippen molar-refractivity contribution >= 4 is 17.0 Å². The average Bonchev–Trinajstić information content (AvgIpc) is 2.94. The van der Waals surface area contributed by atoms with Crippen LogP contribution in [0.1, 0.15) is 18.6 Å². The van der Waals surface area contributed by atoms with Crippen LogP contribution in [0.25, 0.3) is 10.9 Å². The van der Waals surface area contributed by atoms with E-state index in [2.05, 4.69) is 0 Å². The first-order valence-corrected chi connectivity index (χ1v) is 7.71. The zero-order valence-electron chi connectivity index (χ0n) is 13.9. The second-order valence-corrected chi connectivity index (χ2v) is 5.60. The minimum atomic E-state index is -0.687. The third-order valence-electron chi connectivity index (χ3n) is 3.52. The summed E-state index contributed by atoms with van der Waals surface area (Å²) in [5.41, 5.74) is 1.52. The molecule has 0 aliphatic carbocycles. The molecule has 0 saturated heterocycles. The number of carbonyl (C=O) groups is 1. The molecule has 0 spiro atoms. The standard InChI is InChI=1S/C17H24N2O4/c1-4-23-17(21)19-8-7-13-11-14(5-6-15(13)19)16(20)12-22-10-9-18(2)3/h5-8,11,16,20H,4,9-10,12H2,1-3H3. The number of hydrogen-bond donors (Lipinski definition) is 1. The highest BCUT2D eigenvalue weighted by atomic mass is 16.5.